The molecule has 0 saturated carbocycles. The van der Waals surface area contributed by atoms with E-state index in [-0.39, 0.29) is 12.5 Å². The Hall–Kier alpha value is -3.02. The molecule has 2 N–H and O–H groups in total. The predicted octanol–water partition coefficient (Wildman–Crippen LogP) is 2.66. The van der Waals surface area contributed by atoms with Gasteiger partial charge in [-0.2, -0.15) is 0 Å². The van der Waals surface area contributed by atoms with Gasteiger partial charge in [0.25, 0.3) is 11.8 Å². The first-order chi connectivity index (χ1) is 12.0. The second-order valence-corrected chi connectivity index (χ2v) is 5.68. The second kappa shape index (κ2) is 8.73. The van der Waals surface area contributed by atoms with Crippen LogP contribution in [0.4, 0.5) is 0 Å². The molecule has 0 unspecified atom stereocenters. The Bertz CT molecular complexity index is 744. The van der Waals surface area contributed by atoms with Gasteiger partial charge in [0.05, 0.1) is 12.7 Å². The molecule has 2 aromatic carbocycles. The van der Waals surface area contributed by atoms with Crippen molar-refractivity contribution in [2.24, 2.45) is 0 Å². The standard InChI is InChI=1S/C19H22N2O4/c1-13(2)14-8-4-7-11-17(14)25-12-18(22)20-21-19(23)15-9-5-6-10-16(15)24-3/h4-11,13H,12H2,1-3H3,(H,20,22)(H,21,23). The summed E-state index contributed by atoms with van der Waals surface area (Å²) in [6.45, 7) is 3.90. The molecule has 2 amide bonds. The van der Waals surface area contributed by atoms with Gasteiger partial charge >= 0.3 is 0 Å². The van der Waals surface area contributed by atoms with Crippen LogP contribution >= 0.6 is 0 Å². The Kier molecular flexibility index (Phi) is 6.39. The van der Waals surface area contributed by atoms with Crippen molar-refractivity contribution in [2.45, 2.75) is 19.8 Å². The van der Waals surface area contributed by atoms with E-state index in [1.54, 1.807) is 24.3 Å². The van der Waals surface area contributed by atoms with Crippen molar-refractivity contribution >= 4 is 11.8 Å². The first kappa shape index (κ1) is 18.3. The number of carbonyl (C=O) groups is 2. The van der Waals surface area contributed by atoms with Gasteiger partial charge in [0.15, 0.2) is 6.61 Å². The fourth-order valence-corrected chi connectivity index (χ4v) is 2.29. The summed E-state index contributed by atoms with van der Waals surface area (Å²) in [5.74, 6) is 0.444. The SMILES string of the molecule is COc1ccccc1C(=O)NNC(=O)COc1ccccc1C(C)C. The van der Waals surface area contributed by atoms with E-state index in [9.17, 15) is 9.59 Å². The number of hydrazine groups is 1. The van der Waals surface area contributed by atoms with Gasteiger partial charge in [-0.25, -0.2) is 0 Å². The maximum atomic E-state index is 12.1. The third kappa shape index (κ3) is 4.97. The van der Waals surface area contributed by atoms with Crippen LogP contribution in [0.25, 0.3) is 0 Å². The van der Waals surface area contributed by atoms with Crippen molar-refractivity contribution in [1.29, 1.82) is 0 Å². The fourth-order valence-electron chi connectivity index (χ4n) is 2.29. The van der Waals surface area contributed by atoms with Crippen LogP contribution in [0.2, 0.25) is 0 Å². The van der Waals surface area contributed by atoms with Gasteiger partial charge in [-0.15, -0.1) is 0 Å². The molecule has 0 aliphatic rings. The van der Waals surface area contributed by atoms with Crippen LogP contribution in [0.15, 0.2) is 48.5 Å². The Labute approximate surface area is 147 Å². The molecule has 2 aromatic rings. The number of carbonyl (C=O) groups excluding carboxylic acids is 2. The third-order valence-corrected chi connectivity index (χ3v) is 3.57. The van der Waals surface area contributed by atoms with E-state index >= 15 is 0 Å². The zero-order valence-electron chi connectivity index (χ0n) is 14.5. The van der Waals surface area contributed by atoms with Gasteiger partial charge in [0.1, 0.15) is 11.5 Å². The molecule has 2 rings (SSSR count). The molecular weight excluding hydrogens is 320 g/mol. The van der Waals surface area contributed by atoms with E-state index in [1.165, 1.54) is 7.11 Å². The van der Waals surface area contributed by atoms with Crippen molar-refractivity contribution in [3.05, 3.63) is 59.7 Å². The smallest absolute Gasteiger partial charge is 0.276 e. The Morgan fingerprint density at radius 2 is 1.60 bits per heavy atom. The Balaban J connectivity index is 1.88. The van der Waals surface area contributed by atoms with Crippen molar-refractivity contribution < 1.29 is 19.1 Å². The number of nitrogens with one attached hydrogen (secondary N) is 2. The monoisotopic (exact) mass is 342 g/mol. The maximum absolute atomic E-state index is 12.1. The lowest BCUT2D eigenvalue weighted by molar-refractivity contribution is -0.123. The van der Waals surface area contributed by atoms with Gasteiger partial charge in [-0.3, -0.25) is 20.4 Å². The summed E-state index contributed by atoms with van der Waals surface area (Å²) in [7, 11) is 1.48. The highest BCUT2D eigenvalue weighted by atomic mass is 16.5. The quantitative estimate of drug-likeness (QED) is 0.791. The van der Waals surface area contributed by atoms with Crippen LogP contribution in [0, 0.1) is 0 Å². The molecule has 0 aliphatic heterocycles. The summed E-state index contributed by atoms with van der Waals surface area (Å²) in [6.07, 6.45) is 0. The van der Waals surface area contributed by atoms with Crippen molar-refractivity contribution in [3.8, 4) is 11.5 Å². The molecular formula is C19H22N2O4. The van der Waals surface area contributed by atoms with Crippen LogP contribution in [0.1, 0.15) is 35.7 Å². The van der Waals surface area contributed by atoms with Gasteiger partial charge < -0.3 is 9.47 Å². The number of rotatable bonds is 6. The average molecular weight is 342 g/mol. The lowest BCUT2D eigenvalue weighted by Crippen LogP contribution is -2.44. The highest BCUT2D eigenvalue weighted by Crippen LogP contribution is 2.25. The third-order valence-electron chi connectivity index (χ3n) is 3.57. The summed E-state index contributed by atoms with van der Waals surface area (Å²) in [6, 6.07) is 14.3. The minimum atomic E-state index is -0.464. The first-order valence-electron chi connectivity index (χ1n) is 7.97. The lowest BCUT2D eigenvalue weighted by Gasteiger charge is -2.14. The molecule has 0 fully saturated rings. The average Bonchev–Trinajstić information content (AvgIpc) is 2.64. The first-order valence-corrected chi connectivity index (χ1v) is 7.97. The highest BCUT2D eigenvalue weighted by Gasteiger charge is 2.13. The van der Waals surface area contributed by atoms with Crippen LogP contribution in [0.3, 0.4) is 0 Å². The normalized spacial score (nSPS) is 10.2. The van der Waals surface area contributed by atoms with Crippen LogP contribution in [-0.4, -0.2) is 25.5 Å². The molecule has 0 saturated heterocycles. The Morgan fingerprint density at radius 1 is 0.960 bits per heavy atom. The Morgan fingerprint density at radius 3 is 2.28 bits per heavy atom. The van der Waals surface area contributed by atoms with Crippen LogP contribution < -0.4 is 20.3 Å². The van der Waals surface area contributed by atoms with Crippen LogP contribution in [-0.2, 0) is 4.79 Å². The molecule has 0 aliphatic carbocycles. The number of hydrogen-bond donors (Lipinski definition) is 2. The van der Waals surface area contributed by atoms with E-state index in [1.807, 2.05) is 24.3 Å². The molecule has 0 aromatic heterocycles. The largest absolute Gasteiger partial charge is 0.496 e. The molecule has 6 heteroatoms. The zero-order valence-corrected chi connectivity index (χ0v) is 14.5. The van der Waals surface area contributed by atoms with Gasteiger partial charge in [0, 0.05) is 0 Å². The number of benzene rings is 2. The van der Waals surface area contributed by atoms with E-state index in [2.05, 4.69) is 24.7 Å². The molecule has 25 heavy (non-hydrogen) atoms. The maximum Gasteiger partial charge on any atom is 0.276 e. The van der Waals surface area contributed by atoms with E-state index in [4.69, 9.17) is 9.47 Å². The molecule has 0 spiro atoms. The fraction of sp³-hybridized carbons (Fsp3) is 0.263. The topological polar surface area (TPSA) is 76.7 Å². The summed E-state index contributed by atoms with van der Waals surface area (Å²) in [4.78, 5) is 24.0. The predicted molar refractivity (Wildman–Crippen MR) is 94.6 cm³/mol. The second-order valence-electron chi connectivity index (χ2n) is 5.68. The number of para-hydroxylation sites is 2. The van der Waals surface area contributed by atoms with Crippen molar-refractivity contribution in [2.75, 3.05) is 13.7 Å². The molecule has 6 nitrogen and oxygen atoms in total. The van der Waals surface area contributed by atoms with E-state index in [0.29, 0.717) is 17.1 Å². The van der Waals surface area contributed by atoms with Gasteiger partial charge in [-0.05, 0) is 29.7 Å². The molecule has 0 atom stereocenters. The van der Waals surface area contributed by atoms with Crippen molar-refractivity contribution in [1.82, 2.24) is 10.9 Å². The number of hydrogen-bond acceptors (Lipinski definition) is 4. The van der Waals surface area contributed by atoms with E-state index < -0.39 is 11.8 Å². The van der Waals surface area contributed by atoms with Gasteiger partial charge in [0.2, 0.25) is 0 Å². The molecule has 0 bridgehead atoms. The number of amides is 2. The highest BCUT2D eigenvalue weighted by molar-refractivity contribution is 5.97. The summed E-state index contributed by atoms with van der Waals surface area (Å²) in [5.41, 5.74) is 6.03. The molecule has 0 heterocycles. The molecule has 0 radical (unpaired) electrons. The minimum absolute atomic E-state index is 0.198. The summed E-state index contributed by atoms with van der Waals surface area (Å²) < 4.78 is 10.7. The lowest BCUT2D eigenvalue weighted by atomic mass is 10.0. The minimum Gasteiger partial charge on any atom is -0.496 e. The zero-order chi connectivity index (χ0) is 18.2. The van der Waals surface area contributed by atoms with Crippen LogP contribution in [0.5, 0.6) is 11.5 Å². The van der Waals surface area contributed by atoms with Crippen molar-refractivity contribution in [3.63, 3.8) is 0 Å². The summed E-state index contributed by atoms with van der Waals surface area (Å²) >= 11 is 0. The van der Waals surface area contributed by atoms with E-state index in [0.717, 1.165) is 5.56 Å². The van der Waals surface area contributed by atoms with Gasteiger partial charge in [-0.1, -0.05) is 44.2 Å². The molecule has 132 valence electrons. The number of ether oxygens (including phenoxy) is 2. The summed E-state index contributed by atoms with van der Waals surface area (Å²) in [5, 5.41) is 0. The number of methoxy groups -OCH3 is 1.